The van der Waals surface area contributed by atoms with Crippen molar-refractivity contribution in [3.05, 3.63) is 89.5 Å². The first-order chi connectivity index (χ1) is 19.7. The molecule has 0 bridgehead atoms. The second-order valence-corrected chi connectivity index (χ2v) is 13.7. The van der Waals surface area contributed by atoms with Gasteiger partial charge in [-0.15, -0.1) is 0 Å². The molecule has 0 unspecified atom stereocenters. The second kappa shape index (κ2) is 12.3. The van der Waals surface area contributed by atoms with Gasteiger partial charge in [-0.1, -0.05) is 54.1 Å². The Kier molecular flexibility index (Phi) is 9.76. The number of alkyl halides is 6. The van der Waals surface area contributed by atoms with E-state index in [4.69, 9.17) is 8.92 Å². The van der Waals surface area contributed by atoms with Crippen molar-refractivity contribution < 1.29 is 60.5 Å². The third kappa shape index (κ3) is 7.77. The van der Waals surface area contributed by atoms with Crippen LogP contribution in [0.15, 0.2) is 77.7 Å². The molecular formula is C24H22F6N2O8S3. The summed E-state index contributed by atoms with van der Waals surface area (Å²) in [7, 11) is -16.6. The van der Waals surface area contributed by atoms with Gasteiger partial charge >= 0.3 is 41.2 Å². The SMILES string of the molecule is COc1ccccc1[C@@H](NS(=O)(=O)C(F)(F)F)[C@H](NS(=O)(=O)C(F)(F)F)c1ccccc1OS(=O)(=O)c1ccc(C)cc1. The summed E-state index contributed by atoms with van der Waals surface area (Å²) in [6.07, 6.45) is 0. The molecule has 19 heteroatoms. The molecule has 0 aliphatic carbocycles. The molecule has 236 valence electrons. The van der Waals surface area contributed by atoms with Crippen LogP contribution < -0.4 is 18.4 Å². The number of sulfonamides is 2. The third-order valence-electron chi connectivity index (χ3n) is 5.74. The molecule has 0 aliphatic rings. The highest BCUT2D eigenvalue weighted by Gasteiger charge is 2.52. The monoisotopic (exact) mass is 676 g/mol. The summed E-state index contributed by atoms with van der Waals surface area (Å²) in [6, 6.07) is 8.38. The first kappa shape index (κ1) is 34.1. The van der Waals surface area contributed by atoms with E-state index in [-0.39, 0.29) is 5.75 Å². The maximum atomic E-state index is 13.6. The number of rotatable bonds is 11. The van der Waals surface area contributed by atoms with Crippen molar-refractivity contribution in [1.29, 1.82) is 0 Å². The average molecular weight is 677 g/mol. The van der Waals surface area contributed by atoms with Crippen LogP contribution in [0.5, 0.6) is 11.5 Å². The van der Waals surface area contributed by atoms with Gasteiger partial charge in [-0.2, -0.15) is 44.2 Å². The predicted octanol–water partition coefficient (Wildman–Crippen LogP) is 4.43. The van der Waals surface area contributed by atoms with Gasteiger partial charge in [-0.25, -0.2) is 16.8 Å². The molecule has 0 saturated carbocycles. The van der Waals surface area contributed by atoms with E-state index in [1.165, 1.54) is 27.6 Å². The number of hydrogen-bond acceptors (Lipinski definition) is 8. The van der Waals surface area contributed by atoms with Crippen LogP contribution in [0.3, 0.4) is 0 Å². The number of nitrogens with one attached hydrogen (secondary N) is 2. The van der Waals surface area contributed by atoms with Gasteiger partial charge in [0.2, 0.25) is 0 Å². The molecular weight excluding hydrogens is 654 g/mol. The molecule has 10 nitrogen and oxygen atoms in total. The molecule has 0 amide bonds. The van der Waals surface area contributed by atoms with Crippen LogP contribution in [0.1, 0.15) is 28.8 Å². The van der Waals surface area contributed by atoms with Crippen LogP contribution >= 0.6 is 0 Å². The lowest BCUT2D eigenvalue weighted by Gasteiger charge is -2.31. The summed E-state index contributed by atoms with van der Waals surface area (Å²) in [5, 5.41) is 0. The van der Waals surface area contributed by atoms with E-state index in [2.05, 4.69) is 0 Å². The summed E-state index contributed by atoms with van der Waals surface area (Å²) in [4.78, 5) is -0.431. The molecule has 0 saturated heterocycles. The van der Waals surface area contributed by atoms with E-state index in [0.717, 1.165) is 61.7 Å². The molecule has 0 aromatic heterocycles. The van der Waals surface area contributed by atoms with Gasteiger partial charge in [0.05, 0.1) is 19.2 Å². The Hall–Kier alpha value is -3.39. The largest absolute Gasteiger partial charge is 0.511 e. The molecule has 0 spiro atoms. The van der Waals surface area contributed by atoms with Crippen LogP contribution in [0.2, 0.25) is 0 Å². The number of ether oxygens (including phenoxy) is 1. The van der Waals surface area contributed by atoms with E-state index in [1.54, 1.807) is 6.92 Å². The van der Waals surface area contributed by atoms with Gasteiger partial charge in [0.1, 0.15) is 16.4 Å². The second-order valence-electron chi connectivity index (χ2n) is 8.72. The van der Waals surface area contributed by atoms with E-state index in [0.29, 0.717) is 5.56 Å². The standard InChI is InChI=1S/C24H22F6N2O8S3/c1-15-11-13-16(14-12-15)41(33,34)40-20-10-6-4-8-18(20)22(32-43(37,38)24(28,29)30)21(31-42(35,36)23(25,26)27)17-7-3-5-9-19(17)39-2/h3-14,21-22,31-32H,1-2H3/t21-,22-/m1/s1. The van der Waals surface area contributed by atoms with Crippen LogP contribution in [0.25, 0.3) is 0 Å². The Morgan fingerprint density at radius 3 is 1.44 bits per heavy atom. The van der Waals surface area contributed by atoms with Gasteiger partial charge in [-0.05, 0) is 31.2 Å². The Balaban J connectivity index is 2.33. The highest BCUT2D eigenvalue weighted by Crippen LogP contribution is 2.41. The minimum atomic E-state index is -6.44. The number of hydrogen-bond donors (Lipinski definition) is 2. The minimum absolute atomic E-state index is 0.362. The quantitative estimate of drug-likeness (QED) is 0.224. The van der Waals surface area contributed by atoms with Crippen molar-refractivity contribution in [2.45, 2.75) is 34.9 Å². The summed E-state index contributed by atoms with van der Waals surface area (Å²) in [5.41, 5.74) is -12.7. The number of halogens is 6. The lowest BCUT2D eigenvalue weighted by Crippen LogP contribution is -2.47. The molecule has 3 aromatic rings. The molecule has 0 fully saturated rings. The fourth-order valence-corrected chi connectivity index (χ4v) is 6.11. The third-order valence-corrected chi connectivity index (χ3v) is 9.34. The van der Waals surface area contributed by atoms with E-state index in [9.17, 15) is 51.6 Å². The van der Waals surface area contributed by atoms with Gasteiger partial charge in [-0.3, -0.25) is 0 Å². The summed E-state index contributed by atoms with van der Waals surface area (Å²) >= 11 is 0. The first-order valence-electron chi connectivity index (χ1n) is 11.6. The predicted molar refractivity (Wildman–Crippen MR) is 140 cm³/mol. The smallest absolute Gasteiger partial charge is 0.496 e. The van der Waals surface area contributed by atoms with Crippen LogP contribution in [-0.2, 0) is 30.2 Å². The van der Waals surface area contributed by atoms with Gasteiger partial charge < -0.3 is 8.92 Å². The topological polar surface area (TPSA) is 145 Å². The van der Waals surface area contributed by atoms with E-state index in [1.807, 2.05) is 0 Å². The Morgan fingerprint density at radius 1 is 0.628 bits per heavy atom. The van der Waals surface area contributed by atoms with Crippen molar-refractivity contribution in [3.63, 3.8) is 0 Å². The molecule has 0 aliphatic heterocycles. The van der Waals surface area contributed by atoms with Gasteiger partial charge in [0, 0.05) is 11.1 Å². The summed E-state index contributed by atoms with van der Waals surface area (Å²) < 4.78 is 169. The Morgan fingerprint density at radius 2 is 1.02 bits per heavy atom. The maximum absolute atomic E-state index is 13.6. The molecule has 0 radical (unpaired) electrons. The molecule has 3 aromatic carbocycles. The van der Waals surface area contributed by atoms with Crippen molar-refractivity contribution in [2.24, 2.45) is 0 Å². The number of benzene rings is 3. The minimum Gasteiger partial charge on any atom is -0.496 e. The van der Waals surface area contributed by atoms with Crippen LogP contribution in [-0.4, -0.2) is 43.4 Å². The number of para-hydroxylation sites is 2. The zero-order chi connectivity index (χ0) is 32.4. The highest BCUT2D eigenvalue weighted by molar-refractivity contribution is 7.90. The van der Waals surface area contributed by atoms with Crippen molar-refractivity contribution in [3.8, 4) is 11.5 Å². The first-order valence-corrected chi connectivity index (χ1v) is 16.0. The van der Waals surface area contributed by atoms with Crippen molar-refractivity contribution in [2.75, 3.05) is 7.11 Å². The van der Waals surface area contributed by atoms with E-state index < -0.39 is 75.0 Å². The average Bonchev–Trinajstić information content (AvgIpc) is 2.90. The molecule has 43 heavy (non-hydrogen) atoms. The Labute approximate surface area is 242 Å². The van der Waals surface area contributed by atoms with E-state index >= 15 is 0 Å². The van der Waals surface area contributed by atoms with Crippen LogP contribution in [0.4, 0.5) is 26.3 Å². The van der Waals surface area contributed by atoms with Gasteiger partial charge in [0.15, 0.2) is 0 Å². The molecule has 2 atom stereocenters. The fourth-order valence-electron chi connectivity index (χ4n) is 3.70. The normalized spacial score (nSPS) is 14.6. The number of methoxy groups -OCH3 is 1. The Bertz CT molecular complexity index is 1780. The lowest BCUT2D eigenvalue weighted by atomic mass is 9.93. The fraction of sp³-hybridized carbons (Fsp3) is 0.250. The molecule has 3 rings (SSSR count). The van der Waals surface area contributed by atoms with Crippen molar-refractivity contribution in [1.82, 2.24) is 9.44 Å². The zero-order valence-corrected chi connectivity index (χ0v) is 24.3. The lowest BCUT2D eigenvalue weighted by molar-refractivity contribution is -0.0465. The molecule has 2 N–H and O–H groups in total. The number of aryl methyl sites for hydroxylation is 1. The summed E-state index contributed by atoms with van der Waals surface area (Å²) in [5.74, 6) is -1.19. The highest BCUT2D eigenvalue weighted by atomic mass is 32.2. The summed E-state index contributed by atoms with van der Waals surface area (Å²) in [6.45, 7) is 1.64. The maximum Gasteiger partial charge on any atom is 0.511 e. The van der Waals surface area contributed by atoms with Gasteiger partial charge in [0.25, 0.3) is 0 Å². The zero-order valence-electron chi connectivity index (χ0n) is 21.8. The molecule has 0 heterocycles. The van der Waals surface area contributed by atoms with Crippen molar-refractivity contribution >= 4 is 30.2 Å². The van der Waals surface area contributed by atoms with Crippen LogP contribution in [0, 0.1) is 6.92 Å².